The van der Waals surface area contributed by atoms with Crippen molar-refractivity contribution in [2.75, 3.05) is 90.6 Å². The second-order valence-corrected chi connectivity index (χ2v) is 34.3. The average molecular weight is 1930 g/mol. The second kappa shape index (κ2) is 40.2. The number of hydrogen-bond donors (Lipinski definition) is 0. The molecule has 0 saturated carbocycles. The number of carbonyl (C=O) groups excluding carboxylic acids is 7. The van der Waals surface area contributed by atoms with Crippen molar-refractivity contribution in [3.63, 3.8) is 0 Å². The van der Waals surface area contributed by atoms with E-state index in [4.69, 9.17) is 33.0 Å². The maximum Gasteiger partial charge on any atom is 0.498 e. The van der Waals surface area contributed by atoms with Gasteiger partial charge in [-0.15, -0.1) is 0 Å². The molecule has 36 heteroatoms. The normalized spacial score (nSPS) is 17.1. The van der Waals surface area contributed by atoms with Crippen LogP contribution >= 0.6 is 15.9 Å². The van der Waals surface area contributed by atoms with Crippen LogP contribution in [-0.4, -0.2) is 152 Å². The molecule has 3 atom stereocenters. The fourth-order valence-corrected chi connectivity index (χ4v) is 16.3. The van der Waals surface area contributed by atoms with Gasteiger partial charge in [0.1, 0.15) is 40.6 Å². The van der Waals surface area contributed by atoms with Crippen LogP contribution < -0.4 is 49.1 Å². The third-order valence-electron chi connectivity index (χ3n) is 23.2. The largest absolute Gasteiger partial charge is 0.498 e. The molecule has 6 amide bonds. The van der Waals surface area contributed by atoms with Gasteiger partial charge >= 0.3 is 31.7 Å². The summed E-state index contributed by atoms with van der Waals surface area (Å²) in [7, 11) is 5.36. The number of alkyl halides is 9. The summed E-state index contributed by atoms with van der Waals surface area (Å²) in [6.45, 7) is 20.4. The molecule has 0 aliphatic carbocycles. The number of para-hydroxylation sites is 3. The molecule has 7 heterocycles. The van der Waals surface area contributed by atoms with Gasteiger partial charge in [-0.25, -0.2) is 4.79 Å². The monoisotopic (exact) mass is 1920 g/mol. The number of aliphatic imine (C=N–C) groups is 1. The smallest absolute Gasteiger partial charge is 0.496 e. The first kappa shape index (κ1) is 98.8. The quantitative estimate of drug-likeness (QED) is 0.0440. The minimum Gasteiger partial charge on any atom is -0.496 e. The highest BCUT2D eigenvalue weighted by atomic mass is 79.9. The number of ether oxygens (including phenoxy) is 5. The number of nitrogens with zero attached hydrogens (tertiary/aromatic N) is 11. The van der Waals surface area contributed by atoms with Crippen LogP contribution in [-0.2, 0) is 72.6 Å². The molecule has 2 aromatic heterocycles. The van der Waals surface area contributed by atoms with E-state index in [1.807, 2.05) is 66.8 Å². The van der Waals surface area contributed by atoms with Crippen LogP contribution in [0.4, 0.5) is 95.5 Å². The van der Waals surface area contributed by atoms with Gasteiger partial charge in [0.2, 0.25) is 35.4 Å². The van der Waals surface area contributed by atoms with Gasteiger partial charge in [-0.1, -0.05) is 88.7 Å². The van der Waals surface area contributed by atoms with Crippen molar-refractivity contribution in [2.45, 2.75) is 129 Å². The minimum absolute atomic E-state index is 0.0160. The van der Waals surface area contributed by atoms with E-state index in [1.54, 1.807) is 197 Å². The van der Waals surface area contributed by atoms with Crippen molar-refractivity contribution in [2.24, 2.45) is 4.99 Å². The summed E-state index contributed by atoms with van der Waals surface area (Å²) in [5, 5.41) is 8.38. The Morgan fingerprint density at radius 1 is 0.459 bits per heavy atom. The third kappa shape index (κ3) is 21.0. The molecule has 135 heavy (non-hydrogen) atoms. The van der Waals surface area contributed by atoms with Crippen LogP contribution in [0.25, 0.3) is 16.7 Å². The number of allylic oxidation sites excluding steroid dienone is 1. The van der Waals surface area contributed by atoms with E-state index in [1.165, 1.54) is 68.9 Å². The van der Waals surface area contributed by atoms with Crippen LogP contribution in [0.3, 0.4) is 0 Å². The van der Waals surface area contributed by atoms with E-state index in [-0.39, 0.29) is 59.3 Å². The fraction of sp³-hybridized carbons (Fsp3) is 0.293. The molecule has 5 aliphatic heterocycles. The highest BCUT2D eigenvalue weighted by Gasteiger charge is 2.53. The van der Waals surface area contributed by atoms with E-state index in [0.29, 0.717) is 80.6 Å². The maximum atomic E-state index is 14.5. The number of methoxy groups -OCH3 is 4. The number of fused-ring (bicyclic) bond motifs is 3. The van der Waals surface area contributed by atoms with Crippen molar-refractivity contribution in [1.29, 1.82) is 0 Å². The summed E-state index contributed by atoms with van der Waals surface area (Å²) in [5.41, 5.74) is 2.04. The van der Waals surface area contributed by atoms with Crippen LogP contribution in [0.5, 0.6) is 17.2 Å². The van der Waals surface area contributed by atoms with Gasteiger partial charge in [0, 0.05) is 101 Å². The molecule has 16 rings (SSSR count). The SMILES string of the molecule is CC(C)(C)OC(=O)n1cc(B2OC(C)(C)C(C)(C)O2)cn1.CCN1C(=O)C(c2cc(-c3cnn(CCOC)c3)ccc2OC)C(=O)N(c2ccccc2)c2cc(C(F)(F)F)ccc21.CCN1C(=O)C(c2cc(Br)ccc2OC)C(=O)N(c2ccccc2)c2cc(C(F)(F)F)ccc21.CCN1C(=O)C(c2cc(C3=CCN=C3)ccc2OC)C(=O)N(c2ccccc2)c2cc(C(F)(F)F)ccc21. The number of rotatable bonds is 18. The lowest BCUT2D eigenvalue weighted by Gasteiger charge is -2.32. The number of benzene rings is 9. The number of amides is 6. The molecule has 704 valence electrons. The molecule has 5 aliphatic rings. The number of aromatic nitrogens is 4. The Labute approximate surface area is 781 Å². The first-order valence-corrected chi connectivity index (χ1v) is 43.6. The summed E-state index contributed by atoms with van der Waals surface area (Å²) in [4.78, 5) is 109. The molecule has 9 aromatic carbocycles. The number of likely N-dealkylation sites (N-methyl/N-ethyl adjacent to an activating group) is 3. The van der Waals surface area contributed by atoms with E-state index in [2.05, 4.69) is 31.1 Å². The van der Waals surface area contributed by atoms with Crippen molar-refractivity contribution in [1.82, 2.24) is 19.6 Å². The predicted octanol–water partition coefficient (Wildman–Crippen LogP) is 20.3. The molecular formula is C99H96BBrF9N11O14. The Hall–Kier alpha value is -13.7. The van der Waals surface area contributed by atoms with E-state index in [9.17, 15) is 73.1 Å². The summed E-state index contributed by atoms with van der Waals surface area (Å²) < 4.78 is 166. The molecule has 0 radical (unpaired) electrons. The van der Waals surface area contributed by atoms with Crippen molar-refractivity contribution in [3.8, 4) is 28.4 Å². The Balaban J connectivity index is 0.000000156. The molecule has 0 bridgehead atoms. The maximum absolute atomic E-state index is 14.5. The molecule has 25 nitrogen and oxygen atoms in total. The van der Waals surface area contributed by atoms with Gasteiger partial charge < -0.3 is 47.7 Å². The lowest BCUT2D eigenvalue weighted by Crippen LogP contribution is -2.41. The molecule has 3 unspecified atom stereocenters. The van der Waals surface area contributed by atoms with Gasteiger partial charge in [-0.05, 0) is 219 Å². The summed E-state index contributed by atoms with van der Waals surface area (Å²) in [6, 6.07) is 49.6. The molecular weight excluding hydrogens is 1830 g/mol. The van der Waals surface area contributed by atoms with Crippen molar-refractivity contribution >= 4 is 133 Å². The summed E-state index contributed by atoms with van der Waals surface area (Å²) in [6.07, 6.45) is -4.17. The predicted molar refractivity (Wildman–Crippen MR) is 498 cm³/mol. The number of halogens is 10. The topological polar surface area (TPSA) is 252 Å². The second-order valence-electron chi connectivity index (χ2n) is 33.4. The van der Waals surface area contributed by atoms with Gasteiger partial charge in [0.05, 0.1) is 109 Å². The number of carbonyl (C=O) groups is 7. The minimum atomic E-state index is -4.65. The summed E-state index contributed by atoms with van der Waals surface area (Å²) in [5.74, 6) is -6.92. The zero-order valence-electron chi connectivity index (χ0n) is 76.0. The Kier molecular flexibility index (Phi) is 29.4. The number of hydrogen-bond acceptors (Lipinski definition) is 17. The van der Waals surface area contributed by atoms with E-state index in [0.717, 1.165) is 57.8 Å². The van der Waals surface area contributed by atoms with Gasteiger partial charge in [0.15, 0.2) is 0 Å². The molecule has 11 aromatic rings. The van der Waals surface area contributed by atoms with E-state index >= 15 is 0 Å². The Morgan fingerprint density at radius 2 is 0.844 bits per heavy atom. The zero-order chi connectivity index (χ0) is 97.7. The molecule has 1 saturated heterocycles. The highest BCUT2D eigenvalue weighted by molar-refractivity contribution is 9.10. The first-order valence-electron chi connectivity index (χ1n) is 42.8. The summed E-state index contributed by atoms with van der Waals surface area (Å²) >= 11 is 3.37. The Bertz CT molecular complexity index is 6310. The molecule has 0 spiro atoms. The van der Waals surface area contributed by atoms with Gasteiger partial charge in [0.25, 0.3) is 0 Å². The first-order chi connectivity index (χ1) is 64.0. The van der Waals surface area contributed by atoms with Crippen molar-refractivity contribution < 1.29 is 106 Å². The third-order valence-corrected chi connectivity index (χ3v) is 23.7. The fourth-order valence-electron chi connectivity index (χ4n) is 15.9. The van der Waals surface area contributed by atoms with Crippen LogP contribution in [0.2, 0.25) is 0 Å². The lowest BCUT2D eigenvalue weighted by atomic mass is 9.82. The number of anilines is 9. The van der Waals surface area contributed by atoms with Crippen LogP contribution in [0, 0.1) is 0 Å². The molecule has 0 N–H and O–H groups in total. The standard InChI is InChI=1S/C31H29F3N4O4.C29H24F3N3O3.C25H20BrF3N2O3.C14H23BN2O4/c1-4-37-25-12-11-22(31(32,33)34)17-26(25)38(23-8-6-5-7-9-23)30(40)28(29(37)39)24-16-20(10-13-27(24)42-3)21-18-35-36(19-21)14-15-41-2;1-3-34-23-11-10-20(29(30,31)32)16-24(23)35(21-7-5-4-6-8-21)28(37)26(27(34)36)22-15-18(9-12-25(22)38-2)19-13-14-33-17-19;1-3-30-19-11-9-15(25(27,28)29)13-20(19)31(17-7-5-4-6-8-17)24(33)22(23(30)32)18-14-16(26)10-12-21(18)34-2;1-12(2,3)19-11(18)17-9-10(8-16-17)15-20-13(4,5)14(6,7)21-15/h5-13,16-19,28H,4,14-15H2,1-3H3;4-13,15-17,26H,3,14H2,1-2H3;4-14,22H,3H2,1-2H3;8-9H,1-7H3. The van der Waals surface area contributed by atoms with Crippen LogP contribution in [0.1, 0.15) is 126 Å². The van der Waals surface area contributed by atoms with Crippen LogP contribution in [0.15, 0.2) is 241 Å². The lowest BCUT2D eigenvalue weighted by molar-refractivity contribution is -0.138. The van der Waals surface area contributed by atoms with Crippen molar-refractivity contribution in [3.05, 3.63) is 274 Å². The van der Waals surface area contributed by atoms with Gasteiger partial charge in [-0.2, -0.15) is 54.4 Å². The van der Waals surface area contributed by atoms with E-state index < -0.39 is 118 Å². The Morgan fingerprint density at radius 3 is 1.21 bits per heavy atom. The average Bonchev–Trinajstić information content (AvgIpc) is 1.61. The highest BCUT2D eigenvalue weighted by Crippen LogP contribution is 2.51. The molecule has 1 fully saturated rings. The van der Waals surface area contributed by atoms with Gasteiger partial charge in [-0.3, -0.25) is 53.1 Å². The zero-order valence-corrected chi connectivity index (χ0v) is 77.6.